The molecule has 20 heavy (non-hydrogen) atoms. The van der Waals surface area contributed by atoms with Gasteiger partial charge in [0.15, 0.2) is 0 Å². The molecule has 0 aromatic heterocycles. The summed E-state index contributed by atoms with van der Waals surface area (Å²) in [6.45, 7) is -4.65. The Kier molecular flexibility index (Phi) is 1.40. The molecule has 0 radical (unpaired) electrons. The van der Waals surface area contributed by atoms with E-state index in [-0.39, 0.29) is 0 Å². The van der Waals surface area contributed by atoms with Gasteiger partial charge in [0.05, 0.1) is 18.2 Å². The van der Waals surface area contributed by atoms with E-state index in [1.54, 1.807) is 0 Å². The van der Waals surface area contributed by atoms with Crippen LogP contribution in [0.4, 0.5) is 0 Å². The lowest BCUT2D eigenvalue weighted by molar-refractivity contribution is -0.0277. The molecule has 112 valence electrons. The van der Waals surface area contributed by atoms with E-state index in [4.69, 9.17) is 28.0 Å². The number of hydrogen-bond acceptors (Lipinski definition) is 3. The van der Waals surface area contributed by atoms with Crippen molar-refractivity contribution >= 4 is 0 Å². The fraction of sp³-hybridized carbons (Fsp3) is 0.647. The highest BCUT2D eigenvalue weighted by Crippen LogP contribution is 2.40. The van der Waals surface area contributed by atoms with Crippen LogP contribution in [0.15, 0.2) is 24.2 Å². The highest BCUT2D eigenvalue weighted by molar-refractivity contribution is 5.31. The van der Waals surface area contributed by atoms with E-state index in [9.17, 15) is 6.48 Å². The summed E-state index contributed by atoms with van der Waals surface area (Å²) >= 11 is 0. The zero-order valence-electron chi connectivity index (χ0n) is 29.0. The van der Waals surface area contributed by atoms with Gasteiger partial charge in [-0.15, -0.1) is 0 Å². The molecular weight excluding hydrogens is 250 g/mol. The average Bonchev–Trinajstić information content (AvgIpc) is 2.75. The molecule has 0 aliphatic heterocycles. The number of methoxy groups -OCH3 is 1. The third-order valence-electron chi connectivity index (χ3n) is 2.55. The summed E-state index contributed by atoms with van der Waals surface area (Å²) in [4.78, 5) is 0.300. The van der Waals surface area contributed by atoms with Crippen LogP contribution in [0.5, 0.6) is 5.75 Å². The van der Waals surface area contributed by atoms with Gasteiger partial charge in [0.25, 0.3) is 0 Å². The average molecular weight is 296 g/mol. The second-order valence-electron chi connectivity index (χ2n) is 4.08. The molecule has 0 heterocycles. The lowest BCUT2D eigenvalue weighted by atomic mass is 9.72. The maximum atomic E-state index is 12.0. The van der Waals surface area contributed by atoms with Crippen LogP contribution >= 0.6 is 0 Å². The third-order valence-corrected chi connectivity index (χ3v) is 2.55. The fourth-order valence-electron chi connectivity index (χ4n) is 1.62. The predicted octanol–water partition coefficient (Wildman–Crippen LogP) is 3.04. The van der Waals surface area contributed by atoms with Gasteiger partial charge in [-0.3, -0.25) is 0 Å². The molecule has 0 spiro atoms. The SMILES string of the molecule is [2H]c1c([2H])c([C@@]([2H])(CN(C)C([2H])([2H])[2H])C2(O)C([2H])([2H])C([2H])([2H])C([2H])([2H])C([2H])([2H])C2([2H])[2H])c([2H])c([2H])c1OC. The molecular formula is C17H27NO2. The number of aliphatic hydroxyl groups is 1. The van der Waals surface area contributed by atoms with Gasteiger partial charge < -0.3 is 14.7 Å². The van der Waals surface area contributed by atoms with Gasteiger partial charge in [-0.05, 0) is 44.4 Å². The second kappa shape index (κ2) is 6.59. The monoisotopic (exact) mass is 295 g/mol. The molecule has 0 saturated heterocycles. The number of rotatable bonds is 5. The molecule has 1 fully saturated rings. The van der Waals surface area contributed by atoms with Gasteiger partial charge in [-0.25, -0.2) is 0 Å². The van der Waals surface area contributed by atoms with E-state index in [1.165, 1.54) is 0 Å². The van der Waals surface area contributed by atoms with E-state index in [1.807, 2.05) is 0 Å². The van der Waals surface area contributed by atoms with Crippen LogP contribution in [0.2, 0.25) is 0 Å². The van der Waals surface area contributed by atoms with E-state index >= 15 is 0 Å². The summed E-state index contributed by atoms with van der Waals surface area (Å²) < 4.78 is 153. The maximum absolute atomic E-state index is 12.0. The van der Waals surface area contributed by atoms with E-state index < -0.39 is 92.4 Å². The maximum Gasteiger partial charge on any atom is 0.118 e. The minimum absolute atomic E-state index is 0.300. The van der Waals surface area contributed by atoms with Gasteiger partial charge in [0, 0.05) is 31.6 Å². The molecule has 2 rings (SSSR count). The highest BCUT2D eigenvalue weighted by Gasteiger charge is 2.38. The van der Waals surface area contributed by atoms with E-state index in [0.717, 1.165) is 14.2 Å². The Morgan fingerprint density at radius 2 is 2.10 bits per heavy atom. The van der Waals surface area contributed by atoms with Gasteiger partial charge in [-0.1, -0.05) is 31.2 Å². The Morgan fingerprint density at radius 3 is 2.65 bits per heavy atom. The van der Waals surface area contributed by atoms with Crippen LogP contribution < -0.4 is 4.74 Å². The summed E-state index contributed by atoms with van der Waals surface area (Å²) in [6.07, 6.45) is -20.7. The highest BCUT2D eigenvalue weighted by atomic mass is 16.5. The first kappa shape index (κ1) is 4.23. The number of hydrogen-bond donors (Lipinski definition) is 1. The van der Waals surface area contributed by atoms with E-state index in [0.29, 0.717) is 4.90 Å². The molecule has 1 saturated carbocycles. The Morgan fingerprint density at radius 1 is 1.45 bits per heavy atom. The van der Waals surface area contributed by atoms with Gasteiger partial charge in [-0.2, -0.15) is 0 Å². The second-order valence-corrected chi connectivity index (χ2v) is 4.08. The van der Waals surface area contributed by atoms with Crippen molar-refractivity contribution in [3.8, 4) is 5.75 Å². The Labute approximate surface area is 147 Å². The molecule has 3 nitrogen and oxygen atoms in total. The number of nitrogens with zero attached hydrogens (tertiary/aromatic N) is 1. The molecule has 0 amide bonds. The lowest BCUT2D eigenvalue weighted by Gasteiger charge is -2.40. The van der Waals surface area contributed by atoms with Crippen LogP contribution in [0.3, 0.4) is 0 Å². The zero-order valence-corrected chi connectivity index (χ0v) is 11.0. The third kappa shape index (κ3) is 3.53. The van der Waals surface area contributed by atoms with Crippen molar-refractivity contribution < 1.29 is 34.5 Å². The van der Waals surface area contributed by atoms with Gasteiger partial charge >= 0.3 is 0 Å². The van der Waals surface area contributed by atoms with Crippen LogP contribution in [0.25, 0.3) is 0 Å². The number of benzene rings is 1. The fourth-order valence-corrected chi connectivity index (χ4v) is 1.62. The van der Waals surface area contributed by atoms with Crippen molar-refractivity contribution in [2.24, 2.45) is 0 Å². The predicted molar refractivity (Wildman–Crippen MR) is 82.3 cm³/mol. The molecule has 1 atom stereocenters. The Bertz CT molecular complexity index is 1060. The zero-order chi connectivity index (χ0) is 30.5. The molecule has 3 heteroatoms. The minimum Gasteiger partial charge on any atom is -0.497 e. The largest absolute Gasteiger partial charge is 0.497 e. The molecule has 1 aliphatic carbocycles. The Hall–Kier alpha value is -1.06. The normalized spacial score (nSPS) is 47.8. The summed E-state index contributed by atoms with van der Waals surface area (Å²) in [5, 5.41) is 12.0. The molecule has 1 aromatic rings. The molecule has 0 bridgehead atoms. The molecule has 1 aliphatic rings. The van der Waals surface area contributed by atoms with Crippen LogP contribution in [-0.4, -0.2) is 43.3 Å². The minimum atomic E-state index is -4.38. The van der Waals surface area contributed by atoms with Gasteiger partial charge in [0.2, 0.25) is 0 Å². The quantitative estimate of drug-likeness (QED) is 0.906. The first-order chi connectivity index (χ1) is 16.6. The van der Waals surface area contributed by atoms with Crippen molar-refractivity contribution in [2.45, 2.75) is 43.4 Å². The summed E-state index contributed by atoms with van der Waals surface area (Å²) in [5.74, 6) is -4.38. The first-order valence-corrected chi connectivity index (χ1v) is 5.68. The summed E-state index contributed by atoms with van der Waals surface area (Å²) in [6, 6.07) is -4.38. The van der Waals surface area contributed by atoms with Crippen molar-refractivity contribution in [3.05, 3.63) is 29.7 Å². The van der Waals surface area contributed by atoms with Crippen molar-refractivity contribution in [3.63, 3.8) is 0 Å². The van der Waals surface area contributed by atoms with Crippen LogP contribution in [0, 0.1) is 0 Å². The summed E-state index contributed by atoms with van der Waals surface area (Å²) in [5.41, 5.74) is -5.67. The summed E-state index contributed by atoms with van der Waals surface area (Å²) in [7, 11) is 1.80. The van der Waals surface area contributed by atoms with Crippen molar-refractivity contribution in [1.29, 1.82) is 0 Å². The molecule has 1 aromatic carbocycles. The lowest BCUT2D eigenvalue weighted by Crippen LogP contribution is -2.42. The van der Waals surface area contributed by atoms with Crippen LogP contribution in [-0.2, 0) is 0 Å². The topological polar surface area (TPSA) is 32.7 Å². The first-order valence-electron chi connectivity index (χ1n) is 14.7. The van der Waals surface area contributed by atoms with Gasteiger partial charge in [0.1, 0.15) is 5.75 Å². The smallest absolute Gasteiger partial charge is 0.118 e. The number of likely N-dealkylation sites (N-methyl/N-ethyl adjacent to an activating group) is 1. The van der Waals surface area contributed by atoms with Crippen molar-refractivity contribution in [1.82, 2.24) is 4.90 Å². The van der Waals surface area contributed by atoms with Crippen molar-refractivity contribution in [2.75, 3.05) is 27.7 Å². The standard InChI is InChI=1S/C17H27NO2/c1-18(2)13-16(17(19)11-5-4-6-12-17)14-7-9-15(20-3)10-8-14/h7-10,16,19H,4-6,11-13H2,1-3H3/t16-/m1/s1/i1D3,4D2,5D2,6D2,7D,8D,9D,10D,11D2,12D2,16D. The molecule has 0 unspecified atom stereocenters. The molecule has 1 N–H and O–H groups in total. The van der Waals surface area contributed by atoms with E-state index in [2.05, 4.69) is 0 Å². The van der Waals surface area contributed by atoms with Crippen LogP contribution in [0.1, 0.15) is 68.0 Å². The number of ether oxygens (including phenoxy) is 1. The Balaban J connectivity index is 3.27.